The summed E-state index contributed by atoms with van der Waals surface area (Å²) in [5.41, 5.74) is 0.231. The fourth-order valence-electron chi connectivity index (χ4n) is 1.87. The number of carbonyl (C=O) groups excluding carboxylic acids is 1. The van der Waals surface area contributed by atoms with Crippen LogP contribution in [0.15, 0.2) is 36.7 Å². The van der Waals surface area contributed by atoms with Crippen molar-refractivity contribution in [1.82, 2.24) is 14.9 Å². The number of aryl methyl sites for hydroxylation is 1. The van der Waals surface area contributed by atoms with Gasteiger partial charge < -0.3 is 4.90 Å². The number of rotatable bonds is 3. The Labute approximate surface area is 125 Å². The number of hydrogen-bond acceptors (Lipinski definition) is 3. The molecule has 2 aromatic rings. The van der Waals surface area contributed by atoms with Gasteiger partial charge >= 0.3 is 6.18 Å². The molecule has 22 heavy (non-hydrogen) atoms. The van der Waals surface area contributed by atoms with E-state index in [-0.39, 0.29) is 12.5 Å². The molecule has 0 bridgehead atoms. The molecule has 0 unspecified atom stereocenters. The zero-order valence-electron chi connectivity index (χ0n) is 12.1. The van der Waals surface area contributed by atoms with Gasteiger partial charge in [-0.15, -0.1) is 0 Å². The van der Waals surface area contributed by atoms with Crippen molar-refractivity contribution in [2.24, 2.45) is 0 Å². The van der Waals surface area contributed by atoms with Crippen LogP contribution in [-0.4, -0.2) is 27.8 Å². The first kappa shape index (κ1) is 15.9. The van der Waals surface area contributed by atoms with Gasteiger partial charge in [0, 0.05) is 26.0 Å². The molecule has 4 nitrogen and oxygen atoms in total. The molecule has 0 atom stereocenters. The zero-order valence-corrected chi connectivity index (χ0v) is 12.1. The van der Waals surface area contributed by atoms with Gasteiger partial charge in [0.1, 0.15) is 5.82 Å². The molecule has 0 aliphatic rings. The Morgan fingerprint density at radius 3 is 2.18 bits per heavy atom. The normalized spacial score (nSPS) is 11.3. The zero-order chi connectivity index (χ0) is 16.3. The minimum absolute atomic E-state index is 0.199. The van der Waals surface area contributed by atoms with E-state index in [4.69, 9.17) is 0 Å². The Balaban J connectivity index is 2.06. The number of alkyl halides is 3. The summed E-state index contributed by atoms with van der Waals surface area (Å²) in [5.74, 6) is 0.266. The molecule has 0 aliphatic heterocycles. The summed E-state index contributed by atoms with van der Waals surface area (Å²) in [6, 6.07) is 4.72. The van der Waals surface area contributed by atoms with Gasteiger partial charge in [-0.1, -0.05) is 12.1 Å². The molecule has 7 heteroatoms. The summed E-state index contributed by atoms with van der Waals surface area (Å²) in [6.07, 6.45) is -1.51. The molecule has 116 valence electrons. The number of carbonyl (C=O) groups is 1. The van der Waals surface area contributed by atoms with Crippen LogP contribution in [0, 0.1) is 6.92 Å². The Hall–Kier alpha value is -2.44. The molecule has 0 saturated carbocycles. The first-order valence-corrected chi connectivity index (χ1v) is 6.47. The first-order chi connectivity index (χ1) is 10.3. The van der Waals surface area contributed by atoms with Gasteiger partial charge in [-0.3, -0.25) is 4.79 Å². The van der Waals surface area contributed by atoms with Gasteiger partial charge in [-0.05, 0) is 24.6 Å². The lowest BCUT2D eigenvalue weighted by Crippen LogP contribution is -2.26. The second kappa shape index (κ2) is 6.13. The molecule has 0 fully saturated rings. The van der Waals surface area contributed by atoms with E-state index in [2.05, 4.69) is 9.97 Å². The van der Waals surface area contributed by atoms with E-state index in [1.807, 2.05) is 0 Å². The van der Waals surface area contributed by atoms with Gasteiger partial charge in [0.05, 0.1) is 11.1 Å². The minimum atomic E-state index is -4.36. The third-order valence-electron chi connectivity index (χ3n) is 3.08. The molecule has 0 spiro atoms. The van der Waals surface area contributed by atoms with Crippen molar-refractivity contribution < 1.29 is 18.0 Å². The van der Waals surface area contributed by atoms with Crippen LogP contribution in [0.4, 0.5) is 13.2 Å². The number of halogens is 3. The van der Waals surface area contributed by atoms with E-state index in [9.17, 15) is 18.0 Å². The summed E-state index contributed by atoms with van der Waals surface area (Å²) in [7, 11) is 1.57. The van der Waals surface area contributed by atoms with E-state index in [1.54, 1.807) is 14.0 Å². The van der Waals surface area contributed by atoms with Gasteiger partial charge in [-0.2, -0.15) is 13.2 Å². The van der Waals surface area contributed by atoms with Crippen molar-refractivity contribution in [3.05, 3.63) is 59.2 Å². The van der Waals surface area contributed by atoms with E-state index in [0.29, 0.717) is 17.0 Å². The molecule has 1 heterocycles. The minimum Gasteiger partial charge on any atom is -0.337 e. The standard InChI is InChI=1S/C15H14F3N3O/c1-10-19-7-12(8-20-10)14(22)21(2)9-11-3-5-13(6-4-11)15(16,17)18/h3-8H,9H2,1-2H3. The van der Waals surface area contributed by atoms with Crippen molar-refractivity contribution in [2.45, 2.75) is 19.6 Å². The van der Waals surface area contributed by atoms with Crippen molar-refractivity contribution in [3.63, 3.8) is 0 Å². The van der Waals surface area contributed by atoms with E-state index < -0.39 is 11.7 Å². The average Bonchev–Trinajstić information content (AvgIpc) is 2.47. The second-order valence-corrected chi connectivity index (χ2v) is 4.87. The fraction of sp³-hybridized carbons (Fsp3) is 0.267. The van der Waals surface area contributed by atoms with Crippen LogP contribution in [0.3, 0.4) is 0 Å². The van der Waals surface area contributed by atoms with Crippen molar-refractivity contribution in [1.29, 1.82) is 0 Å². The Kier molecular flexibility index (Phi) is 4.44. The highest BCUT2D eigenvalue weighted by Gasteiger charge is 2.30. The maximum absolute atomic E-state index is 12.5. The summed E-state index contributed by atoms with van der Waals surface area (Å²) in [5, 5.41) is 0. The maximum Gasteiger partial charge on any atom is 0.416 e. The third-order valence-corrected chi connectivity index (χ3v) is 3.08. The van der Waals surface area contributed by atoms with Crippen LogP contribution in [-0.2, 0) is 12.7 Å². The summed E-state index contributed by atoms with van der Waals surface area (Å²) < 4.78 is 37.5. The second-order valence-electron chi connectivity index (χ2n) is 4.87. The molecular weight excluding hydrogens is 295 g/mol. The topological polar surface area (TPSA) is 46.1 Å². The number of nitrogens with zero attached hydrogens (tertiary/aromatic N) is 3. The largest absolute Gasteiger partial charge is 0.416 e. The van der Waals surface area contributed by atoms with Crippen LogP contribution < -0.4 is 0 Å². The SMILES string of the molecule is Cc1ncc(C(=O)N(C)Cc2ccc(C(F)(F)F)cc2)cn1. The molecule has 0 radical (unpaired) electrons. The van der Waals surface area contributed by atoms with Crippen LogP contribution in [0.5, 0.6) is 0 Å². The predicted molar refractivity (Wildman–Crippen MR) is 74.0 cm³/mol. The number of benzene rings is 1. The molecule has 2 rings (SSSR count). The molecule has 1 aromatic heterocycles. The molecule has 0 N–H and O–H groups in total. The highest BCUT2D eigenvalue weighted by Crippen LogP contribution is 2.29. The molecule has 1 amide bonds. The van der Waals surface area contributed by atoms with Crippen molar-refractivity contribution >= 4 is 5.91 Å². The molecular formula is C15H14F3N3O. The van der Waals surface area contributed by atoms with Gasteiger partial charge in [0.25, 0.3) is 5.91 Å². The average molecular weight is 309 g/mol. The number of aromatic nitrogens is 2. The number of amides is 1. The monoisotopic (exact) mass is 309 g/mol. The predicted octanol–water partition coefficient (Wildman–Crippen LogP) is 3.08. The maximum atomic E-state index is 12.5. The smallest absolute Gasteiger partial charge is 0.337 e. The third kappa shape index (κ3) is 3.81. The van der Waals surface area contributed by atoms with Crippen molar-refractivity contribution in [2.75, 3.05) is 7.05 Å². The molecule has 0 saturated heterocycles. The number of hydrogen-bond donors (Lipinski definition) is 0. The van der Waals surface area contributed by atoms with Crippen LogP contribution in [0.1, 0.15) is 27.3 Å². The van der Waals surface area contributed by atoms with E-state index in [1.165, 1.54) is 29.4 Å². The van der Waals surface area contributed by atoms with Gasteiger partial charge in [-0.25, -0.2) is 9.97 Å². The van der Waals surface area contributed by atoms with Gasteiger partial charge in [0.2, 0.25) is 0 Å². The van der Waals surface area contributed by atoms with E-state index in [0.717, 1.165) is 12.1 Å². The quantitative estimate of drug-likeness (QED) is 0.875. The fourth-order valence-corrected chi connectivity index (χ4v) is 1.87. The van der Waals surface area contributed by atoms with Crippen LogP contribution in [0.25, 0.3) is 0 Å². The summed E-state index contributed by atoms with van der Waals surface area (Å²) in [6.45, 7) is 1.91. The van der Waals surface area contributed by atoms with Crippen molar-refractivity contribution in [3.8, 4) is 0 Å². The highest BCUT2D eigenvalue weighted by molar-refractivity contribution is 5.93. The van der Waals surface area contributed by atoms with Crippen LogP contribution in [0.2, 0.25) is 0 Å². The lowest BCUT2D eigenvalue weighted by atomic mass is 10.1. The highest BCUT2D eigenvalue weighted by atomic mass is 19.4. The Morgan fingerprint density at radius 1 is 1.14 bits per heavy atom. The van der Waals surface area contributed by atoms with E-state index >= 15 is 0 Å². The lowest BCUT2D eigenvalue weighted by Gasteiger charge is -2.17. The van der Waals surface area contributed by atoms with Crippen LogP contribution >= 0.6 is 0 Å². The first-order valence-electron chi connectivity index (χ1n) is 6.47. The lowest BCUT2D eigenvalue weighted by molar-refractivity contribution is -0.137. The van der Waals surface area contributed by atoms with Gasteiger partial charge in [0.15, 0.2) is 0 Å². The molecule has 1 aromatic carbocycles. The summed E-state index contributed by atoms with van der Waals surface area (Å²) >= 11 is 0. The molecule has 0 aliphatic carbocycles. The summed E-state index contributed by atoms with van der Waals surface area (Å²) in [4.78, 5) is 21.4. The Morgan fingerprint density at radius 2 is 1.68 bits per heavy atom. The Bertz CT molecular complexity index is 651.